The summed E-state index contributed by atoms with van der Waals surface area (Å²) in [6.07, 6.45) is 0. The van der Waals surface area contributed by atoms with Crippen LogP contribution in [0.4, 0.5) is 14.5 Å². The Morgan fingerprint density at radius 1 is 1.19 bits per heavy atom. The van der Waals surface area contributed by atoms with Gasteiger partial charge >= 0.3 is 0 Å². The highest BCUT2D eigenvalue weighted by Gasteiger charge is 2.30. The Hall–Kier alpha value is -2.14. The third-order valence-electron chi connectivity index (χ3n) is 3.37. The number of halogens is 3. The molecule has 0 amide bonds. The molecule has 2 N–H and O–H groups in total. The van der Waals surface area contributed by atoms with Crippen LogP contribution in [0.2, 0.25) is 5.02 Å². The van der Waals surface area contributed by atoms with E-state index in [1.807, 2.05) is 0 Å². The monoisotopic (exact) mass is 307 g/mol. The van der Waals surface area contributed by atoms with Gasteiger partial charge in [-0.2, -0.15) is 0 Å². The summed E-state index contributed by atoms with van der Waals surface area (Å²) in [5.41, 5.74) is 6.78. The van der Waals surface area contributed by atoms with Gasteiger partial charge in [-0.05, 0) is 35.9 Å². The number of benzene rings is 2. The summed E-state index contributed by atoms with van der Waals surface area (Å²) >= 11 is 5.89. The highest BCUT2D eigenvalue weighted by molar-refractivity contribution is 6.30. The molecule has 0 saturated carbocycles. The van der Waals surface area contributed by atoms with E-state index in [1.54, 1.807) is 29.2 Å². The van der Waals surface area contributed by atoms with E-state index in [0.717, 1.165) is 0 Å². The number of rotatable bonds is 2. The van der Waals surface area contributed by atoms with Gasteiger partial charge < -0.3 is 10.6 Å². The van der Waals surface area contributed by atoms with Crippen molar-refractivity contribution >= 4 is 23.2 Å². The van der Waals surface area contributed by atoms with Crippen molar-refractivity contribution in [1.82, 2.24) is 0 Å². The number of hydrogen-bond acceptors (Lipinski definition) is 3. The second kappa shape index (κ2) is 5.33. The molecular weight excluding hydrogens is 296 g/mol. The van der Waals surface area contributed by atoms with Gasteiger partial charge in [0.2, 0.25) is 0 Å². The number of nitrogens with zero attached hydrogens (tertiary/aromatic N) is 2. The highest BCUT2D eigenvalue weighted by atomic mass is 35.5. The minimum absolute atomic E-state index is 0.200. The molecule has 108 valence electrons. The molecule has 2 aromatic rings. The van der Waals surface area contributed by atoms with Crippen molar-refractivity contribution < 1.29 is 8.78 Å². The Balaban J connectivity index is 2.05. The Bertz CT molecular complexity index is 698. The fourth-order valence-electron chi connectivity index (χ4n) is 2.46. The van der Waals surface area contributed by atoms with Gasteiger partial charge in [0.05, 0.1) is 18.3 Å². The van der Waals surface area contributed by atoms with Gasteiger partial charge in [-0.25, -0.2) is 8.78 Å². The molecule has 0 spiro atoms. The maximum absolute atomic E-state index is 14.0. The van der Waals surface area contributed by atoms with Gasteiger partial charge in [-0.1, -0.05) is 23.7 Å². The largest absolute Gasteiger partial charge is 0.369 e. The Kier molecular flexibility index (Phi) is 3.51. The molecule has 1 aliphatic heterocycles. The Morgan fingerprint density at radius 2 is 1.95 bits per heavy atom. The first kappa shape index (κ1) is 13.8. The van der Waals surface area contributed by atoms with E-state index in [9.17, 15) is 8.78 Å². The van der Waals surface area contributed by atoms with E-state index in [0.29, 0.717) is 17.8 Å². The van der Waals surface area contributed by atoms with Crippen molar-refractivity contribution in [1.29, 1.82) is 0 Å². The zero-order valence-electron chi connectivity index (χ0n) is 10.9. The minimum Gasteiger partial charge on any atom is -0.369 e. The predicted molar refractivity (Wildman–Crippen MR) is 79.5 cm³/mol. The Morgan fingerprint density at radius 3 is 2.67 bits per heavy atom. The number of aliphatic imine (C=N–C) groups is 1. The lowest BCUT2D eigenvalue weighted by Crippen LogP contribution is -2.36. The maximum Gasteiger partial charge on any atom is 0.196 e. The third-order valence-corrected chi connectivity index (χ3v) is 3.58. The first-order valence-electron chi connectivity index (χ1n) is 6.36. The third kappa shape index (κ3) is 2.56. The van der Waals surface area contributed by atoms with E-state index in [4.69, 9.17) is 17.3 Å². The van der Waals surface area contributed by atoms with Crippen molar-refractivity contribution in [3.05, 3.63) is 64.7 Å². The molecule has 0 aliphatic carbocycles. The number of guanidine groups is 1. The molecule has 0 fully saturated rings. The zero-order valence-corrected chi connectivity index (χ0v) is 11.7. The smallest absolute Gasteiger partial charge is 0.196 e. The fourth-order valence-corrected chi connectivity index (χ4v) is 2.69. The van der Waals surface area contributed by atoms with Crippen molar-refractivity contribution in [3.8, 4) is 0 Å². The van der Waals surface area contributed by atoms with Crippen LogP contribution in [-0.4, -0.2) is 12.5 Å². The van der Waals surface area contributed by atoms with Gasteiger partial charge in [0, 0.05) is 5.02 Å². The first-order chi connectivity index (χ1) is 10.1. The molecule has 1 atom stereocenters. The van der Waals surface area contributed by atoms with Crippen LogP contribution < -0.4 is 10.6 Å². The average Bonchev–Trinajstić information content (AvgIpc) is 2.80. The normalized spacial score (nSPS) is 18.0. The van der Waals surface area contributed by atoms with Crippen LogP contribution >= 0.6 is 11.6 Å². The maximum atomic E-state index is 14.0. The summed E-state index contributed by atoms with van der Waals surface area (Å²) in [5, 5.41) is 0.281. The van der Waals surface area contributed by atoms with Crippen LogP contribution in [0.5, 0.6) is 0 Å². The van der Waals surface area contributed by atoms with Crippen LogP contribution in [0, 0.1) is 11.6 Å². The summed E-state index contributed by atoms with van der Waals surface area (Å²) < 4.78 is 27.6. The summed E-state index contributed by atoms with van der Waals surface area (Å²) in [5.74, 6) is -0.660. The van der Waals surface area contributed by atoms with Crippen LogP contribution in [0.3, 0.4) is 0 Å². The highest BCUT2D eigenvalue weighted by Crippen LogP contribution is 2.33. The molecule has 2 aromatic carbocycles. The average molecular weight is 308 g/mol. The van der Waals surface area contributed by atoms with E-state index in [-0.39, 0.29) is 17.0 Å². The van der Waals surface area contributed by atoms with Gasteiger partial charge in [-0.15, -0.1) is 0 Å². The molecular formula is C15H12ClF2N3. The Labute approximate surface area is 125 Å². The molecule has 6 heteroatoms. The molecule has 3 rings (SSSR count). The van der Waals surface area contributed by atoms with Crippen molar-refractivity contribution in [3.63, 3.8) is 0 Å². The first-order valence-corrected chi connectivity index (χ1v) is 6.74. The van der Waals surface area contributed by atoms with Crippen molar-refractivity contribution in [2.45, 2.75) is 6.04 Å². The predicted octanol–water partition coefficient (Wildman–Crippen LogP) is 3.49. The van der Waals surface area contributed by atoms with Gasteiger partial charge in [0.15, 0.2) is 5.96 Å². The summed E-state index contributed by atoms with van der Waals surface area (Å²) in [7, 11) is 0. The van der Waals surface area contributed by atoms with E-state index >= 15 is 0 Å². The summed E-state index contributed by atoms with van der Waals surface area (Å²) in [6, 6.07) is 10.1. The van der Waals surface area contributed by atoms with E-state index in [1.165, 1.54) is 18.2 Å². The van der Waals surface area contributed by atoms with Crippen molar-refractivity contribution in [2.24, 2.45) is 10.7 Å². The topological polar surface area (TPSA) is 41.6 Å². The van der Waals surface area contributed by atoms with Crippen LogP contribution in [0.25, 0.3) is 0 Å². The number of hydrogen-bond donors (Lipinski definition) is 1. The molecule has 0 aromatic heterocycles. The minimum atomic E-state index is -0.448. The molecule has 21 heavy (non-hydrogen) atoms. The molecule has 3 nitrogen and oxygen atoms in total. The lowest BCUT2D eigenvalue weighted by molar-refractivity contribution is 0.613. The second-order valence-corrected chi connectivity index (χ2v) is 5.18. The van der Waals surface area contributed by atoms with Crippen molar-refractivity contribution in [2.75, 3.05) is 11.4 Å². The summed E-state index contributed by atoms with van der Waals surface area (Å²) in [6.45, 7) is 0.319. The van der Waals surface area contributed by atoms with Gasteiger partial charge in [0.25, 0.3) is 0 Å². The van der Waals surface area contributed by atoms with Crippen LogP contribution in [0.15, 0.2) is 47.5 Å². The quantitative estimate of drug-likeness (QED) is 0.922. The molecule has 1 unspecified atom stereocenters. The molecule has 1 heterocycles. The molecule has 0 saturated heterocycles. The molecule has 0 bridgehead atoms. The standard InChI is InChI=1S/C15H12ClF2N3/c16-10-5-9(6-11(17)7-10)14-8-20-15(19)21(14)13-4-2-1-3-12(13)18/h1-7,14H,8H2,(H2,19,20). The molecule has 0 radical (unpaired) electrons. The molecule has 1 aliphatic rings. The summed E-state index contributed by atoms with van der Waals surface area (Å²) in [4.78, 5) is 5.70. The lowest BCUT2D eigenvalue weighted by Gasteiger charge is -2.27. The van der Waals surface area contributed by atoms with Crippen LogP contribution in [-0.2, 0) is 0 Å². The SMILES string of the molecule is NC1=NCC(c2cc(F)cc(Cl)c2)N1c1ccccc1F. The second-order valence-electron chi connectivity index (χ2n) is 4.74. The van der Waals surface area contributed by atoms with E-state index < -0.39 is 11.6 Å². The zero-order chi connectivity index (χ0) is 15.0. The van der Waals surface area contributed by atoms with Gasteiger partial charge in [-0.3, -0.25) is 4.99 Å². The number of nitrogens with two attached hydrogens (primary N) is 1. The van der Waals surface area contributed by atoms with E-state index in [2.05, 4.69) is 4.99 Å². The number of anilines is 1. The lowest BCUT2D eigenvalue weighted by atomic mass is 10.1. The fraction of sp³-hybridized carbons (Fsp3) is 0.133. The van der Waals surface area contributed by atoms with Crippen LogP contribution in [0.1, 0.15) is 11.6 Å². The van der Waals surface area contributed by atoms with Gasteiger partial charge in [0.1, 0.15) is 11.6 Å². The number of para-hydroxylation sites is 1.